The van der Waals surface area contributed by atoms with E-state index in [0.717, 1.165) is 50.1 Å². The van der Waals surface area contributed by atoms with E-state index >= 15 is 0 Å². The number of nitrogens with one attached hydrogen (secondary N) is 1. The van der Waals surface area contributed by atoms with Gasteiger partial charge in [0, 0.05) is 39.0 Å². The normalized spacial score (nSPS) is 11.9. The predicted molar refractivity (Wildman–Crippen MR) is 236 cm³/mol. The highest BCUT2D eigenvalue weighted by Crippen LogP contribution is 2.37. The number of para-hydroxylation sites is 3. The molecule has 0 radical (unpaired) electrons. The van der Waals surface area contributed by atoms with Crippen LogP contribution < -0.4 is 0 Å². The molecule has 1 N–H and O–H groups in total. The summed E-state index contributed by atoms with van der Waals surface area (Å²) >= 11 is 0. The maximum Gasteiger partial charge on any atom is 0.0995 e. The number of aliphatic imine (C=N–C) groups is 1. The van der Waals surface area contributed by atoms with Crippen molar-refractivity contribution in [3.8, 4) is 39.1 Å². The molecule has 10 rings (SSSR count). The topological polar surface area (TPSA) is 46.1 Å². The third-order valence-corrected chi connectivity index (χ3v) is 10.7. The maximum absolute atomic E-state index is 9.04. The molecule has 0 saturated heterocycles. The summed E-state index contributed by atoms with van der Waals surface area (Å²) in [6.45, 7) is 0. The summed E-state index contributed by atoms with van der Waals surface area (Å²) in [5.74, 6) is 0. The van der Waals surface area contributed by atoms with Crippen LogP contribution in [0.4, 0.5) is 0 Å². The van der Waals surface area contributed by atoms with Crippen LogP contribution in [-0.4, -0.2) is 21.2 Å². The number of aromatic nitrogens is 2. The van der Waals surface area contributed by atoms with Gasteiger partial charge >= 0.3 is 0 Å². The molecule has 8 aromatic carbocycles. The maximum atomic E-state index is 9.04. The van der Waals surface area contributed by atoms with Gasteiger partial charge in [-0.05, 0) is 106 Å². The molecule has 4 heteroatoms. The Hall–Kier alpha value is -7.56. The van der Waals surface area contributed by atoms with Gasteiger partial charge in [0.25, 0.3) is 0 Å². The van der Waals surface area contributed by atoms with Gasteiger partial charge < -0.3 is 9.98 Å². The van der Waals surface area contributed by atoms with Crippen molar-refractivity contribution < 1.29 is 0 Å². The van der Waals surface area contributed by atoms with Crippen LogP contribution in [0.1, 0.15) is 5.56 Å². The first-order chi connectivity index (χ1) is 27.7. The smallest absolute Gasteiger partial charge is 0.0995 e. The molecule has 0 aliphatic carbocycles. The highest BCUT2D eigenvalue weighted by molar-refractivity contribution is 6.14. The fourth-order valence-corrected chi connectivity index (χ4v) is 8.01. The summed E-state index contributed by atoms with van der Waals surface area (Å²) in [5, 5.41) is 13.8. The van der Waals surface area contributed by atoms with E-state index in [1.54, 1.807) is 12.3 Å². The summed E-state index contributed by atoms with van der Waals surface area (Å²) in [6, 6.07) is 68.3. The van der Waals surface area contributed by atoms with E-state index in [4.69, 9.17) is 10.4 Å². The molecule has 0 bridgehead atoms. The second kappa shape index (κ2) is 14.0. The van der Waals surface area contributed by atoms with E-state index < -0.39 is 0 Å². The van der Waals surface area contributed by atoms with Crippen molar-refractivity contribution in [1.29, 1.82) is 5.41 Å². The van der Waals surface area contributed by atoms with Crippen LogP contribution in [0.3, 0.4) is 0 Å². The summed E-state index contributed by atoms with van der Waals surface area (Å²) in [4.78, 5) is 4.73. The minimum Gasteiger partial charge on any atom is -0.309 e. The lowest BCUT2D eigenvalue weighted by atomic mass is 9.94. The Labute approximate surface area is 325 Å². The van der Waals surface area contributed by atoms with Gasteiger partial charge in [-0.25, -0.2) is 4.99 Å². The molecule has 0 unspecified atom stereocenters. The first-order valence-corrected chi connectivity index (χ1v) is 18.9. The van der Waals surface area contributed by atoms with Crippen molar-refractivity contribution >= 4 is 55.7 Å². The molecule has 0 aliphatic rings. The fourth-order valence-electron chi connectivity index (χ4n) is 8.01. The van der Waals surface area contributed by atoms with Crippen LogP contribution in [0.5, 0.6) is 0 Å². The van der Waals surface area contributed by atoms with Crippen molar-refractivity contribution in [2.75, 3.05) is 0 Å². The molecule has 56 heavy (non-hydrogen) atoms. The number of rotatable bonds is 8. The predicted octanol–water partition coefficient (Wildman–Crippen LogP) is 13.4. The second-order valence-electron chi connectivity index (χ2n) is 14.1. The zero-order valence-corrected chi connectivity index (χ0v) is 30.5. The lowest BCUT2D eigenvalue weighted by molar-refractivity contribution is 1.18. The summed E-state index contributed by atoms with van der Waals surface area (Å²) in [6.07, 6.45) is 5.34. The standard InChI is InChI=1S/C52H36N4/c53-48(42-31-40(36-14-4-1-5-15-36)30-41(32-42)37-16-6-2-7-17-37)28-29-54-35-55-49-22-12-10-20-44(49)46-33-38(24-26-50(46)55)39-25-27-52-47(34-39)45-21-11-13-23-51(45)56(52)43-18-8-3-9-19-43/h1-35,53H/b29-28-,53-48?,54-35+. The Bertz CT molecular complexity index is 3070. The molecule has 0 saturated carbocycles. The summed E-state index contributed by atoms with van der Waals surface area (Å²) in [5.41, 5.74) is 13.7. The molecule has 0 spiro atoms. The molecule has 10 aromatic rings. The molecular weight excluding hydrogens is 681 g/mol. The van der Waals surface area contributed by atoms with Crippen molar-refractivity contribution in [2.24, 2.45) is 4.99 Å². The monoisotopic (exact) mass is 716 g/mol. The Kier molecular flexibility index (Phi) is 8.27. The van der Waals surface area contributed by atoms with Crippen molar-refractivity contribution in [2.45, 2.75) is 0 Å². The molecule has 0 fully saturated rings. The van der Waals surface area contributed by atoms with Gasteiger partial charge in [0.05, 0.1) is 34.1 Å². The minimum atomic E-state index is 0.396. The van der Waals surface area contributed by atoms with Gasteiger partial charge in [0.2, 0.25) is 0 Å². The Morgan fingerprint density at radius 1 is 0.411 bits per heavy atom. The average Bonchev–Trinajstić information content (AvgIpc) is 3.77. The molecule has 2 heterocycles. The van der Waals surface area contributed by atoms with Crippen LogP contribution in [0, 0.1) is 5.41 Å². The van der Waals surface area contributed by atoms with Gasteiger partial charge in [0.1, 0.15) is 0 Å². The first-order valence-electron chi connectivity index (χ1n) is 18.9. The van der Waals surface area contributed by atoms with E-state index in [9.17, 15) is 0 Å². The lowest BCUT2D eigenvalue weighted by Crippen LogP contribution is -1.97. The van der Waals surface area contributed by atoms with Crippen molar-refractivity contribution in [3.63, 3.8) is 0 Å². The number of hydrogen-bond acceptors (Lipinski definition) is 2. The van der Waals surface area contributed by atoms with Crippen LogP contribution >= 0.6 is 0 Å². The van der Waals surface area contributed by atoms with Gasteiger partial charge in [-0.2, -0.15) is 0 Å². The molecule has 2 aromatic heterocycles. The van der Waals surface area contributed by atoms with E-state index in [2.05, 4.69) is 167 Å². The second-order valence-corrected chi connectivity index (χ2v) is 14.1. The van der Waals surface area contributed by atoms with Crippen LogP contribution in [0.2, 0.25) is 0 Å². The first kappa shape index (κ1) is 33.0. The number of fused-ring (bicyclic) bond motifs is 6. The quantitative estimate of drug-likeness (QED) is 0.120. The van der Waals surface area contributed by atoms with E-state index in [1.165, 1.54) is 38.1 Å². The number of allylic oxidation sites excluding steroid dienone is 1. The van der Waals surface area contributed by atoms with E-state index in [-0.39, 0.29) is 0 Å². The lowest BCUT2D eigenvalue weighted by Gasteiger charge is -2.10. The van der Waals surface area contributed by atoms with Gasteiger partial charge in [0.15, 0.2) is 0 Å². The zero-order valence-electron chi connectivity index (χ0n) is 30.5. The van der Waals surface area contributed by atoms with Crippen LogP contribution in [0.25, 0.3) is 82.7 Å². The molecule has 0 amide bonds. The largest absolute Gasteiger partial charge is 0.309 e. The third kappa shape index (κ3) is 5.90. The third-order valence-electron chi connectivity index (χ3n) is 10.7. The van der Waals surface area contributed by atoms with Crippen LogP contribution in [0.15, 0.2) is 211 Å². The average molecular weight is 717 g/mol. The molecule has 264 valence electrons. The van der Waals surface area contributed by atoms with Crippen molar-refractivity contribution in [1.82, 2.24) is 9.13 Å². The number of nitrogens with zero attached hydrogens (tertiary/aromatic N) is 3. The summed E-state index contributed by atoms with van der Waals surface area (Å²) in [7, 11) is 0. The zero-order chi connectivity index (χ0) is 37.4. The molecule has 4 nitrogen and oxygen atoms in total. The molecule has 0 aliphatic heterocycles. The van der Waals surface area contributed by atoms with Crippen molar-refractivity contribution in [3.05, 3.63) is 212 Å². The number of hydrogen-bond donors (Lipinski definition) is 1. The highest BCUT2D eigenvalue weighted by Gasteiger charge is 2.15. The van der Waals surface area contributed by atoms with Crippen LogP contribution in [-0.2, 0) is 0 Å². The van der Waals surface area contributed by atoms with E-state index in [0.29, 0.717) is 5.71 Å². The SMILES string of the molecule is N=C(/C=C\N=C\n1c2ccccc2c2cc(-c3ccc4c(c3)c3ccccc3n4-c3ccccc3)ccc21)c1cc(-c2ccccc2)cc(-c2ccccc2)c1. The van der Waals surface area contributed by atoms with Gasteiger partial charge in [-0.15, -0.1) is 0 Å². The highest BCUT2D eigenvalue weighted by atomic mass is 15.0. The molecular formula is C52H36N4. The Morgan fingerprint density at radius 3 is 1.54 bits per heavy atom. The molecule has 0 atom stereocenters. The van der Waals surface area contributed by atoms with E-state index in [1.807, 2.05) is 42.7 Å². The Balaban J connectivity index is 0.989. The fraction of sp³-hybridized carbons (Fsp3) is 0. The minimum absolute atomic E-state index is 0.396. The number of benzene rings is 8. The van der Waals surface area contributed by atoms with Gasteiger partial charge in [-0.1, -0.05) is 127 Å². The summed E-state index contributed by atoms with van der Waals surface area (Å²) < 4.78 is 4.49. The van der Waals surface area contributed by atoms with Gasteiger partial charge in [-0.3, -0.25) is 4.57 Å². The Morgan fingerprint density at radius 2 is 0.893 bits per heavy atom.